The molecule has 5 heteroatoms. The first-order valence-corrected chi connectivity index (χ1v) is 6.97. The quantitative estimate of drug-likeness (QED) is 0.933. The zero-order valence-corrected chi connectivity index (χ0v) is 12.0. The van der Waals surface area contributed by atoms with E-state index in [1.807, 2.05) is 25.1 Å². The van der Waals surface area contributed by atoms with Crippen LogP contribution in [0.3, 0.4) is 0 Å². The number of nitrogens with zero attached hydrogens (tertiary/aromatic N) is 1. The summed E-state index contributed by atoms with van der Waals surface area (Å²) in [6, 6.07) is 7.39. The van der Waals surface area contributed by atoms with E-state index in [2.05, 4.69) is 26.4 Å². The van der Waals surface area contributed by atoms with Gasteiger partial charge in [0, 0.05) is 22.1 Å². The van der Waals surface area contributed by atoms with Crippen molar-refractivity contribution >= 4 is 27.5 Å². The first kappa shape index (κ1) is 12.4. The highest BCUT2D eigenvalue weighted by Gasteiger charge is 2.28. The topological polar surface area (TPSA) is 55.1 Å². The molecule has 19 heavy (non-hydrogen) atoms. The number of carbonyl (C=O) groups is 1. The molecule has 1 saturated carbocycles. The SMILES string of the molecule is Cc1cc(NC(=O)c2cc(C3CC3)on2)ccc1Br. The van der Waals surface area contributed by atoms with Crippen LogP contribution in [0.2, 0.25) is 0 Å². The zero-order chi connectivity index (χ0) is 13.4. The second-order valence-corrected chi connectivity index (χ2v) is 5.66. The molecule has 3 rings (SSSR count). The third-order valence-corrected chi connectivity index (χ3v) is 4.05. The van der Waals surface area contributed by atoms with Crippen LogP contribution in [0.5, 0.6) is 0 Å². The molecule has 4 nitrogen and oxygen atoms in total. The van der Waals surface area contributed by atoms with Gasteiger partial charge >= 0.3 is 0 Å². The van der Waals surface area contributed by atoms with Gasteiger partial charge in [0.25, 0.3) is 5.91 Å². The Morgan fingerprint density at radius 1 is 1.42 bits per heavy atom. The molecule has 1 aliphatic rings. The highest BCUT2D eigenvalue weighted by atomic mass is 79.9. The number of rotatable bonds is 3. The molecule has 0 aliphatic heterocycles. The number of anilines is 1. The van der Waals surface area contributed by atoms with Gasteiger partial charge in [-0.1, -0.05) is 21.1 Å². The van der Waals surface area contributed by atoms with E-state index in [0.29, 0.717) is 11.6 Å². The number of hydrogen-bond donors (Lipinski definition) is 1. The summed E-state index contributed by atoms with van der Waals surface area (Å²) in [6.45, 7) is 1.97. The van der Waals surface area contributed by atoms with E-state index in [9.17, 15) is 4.79 Å². The molecule has 1 aromatic heterocycles. The summed E-state index contributed by atoms with van der Waals surface area (Å²) >= 11 is 3.43. The maximum absolute atomic E-state index is 12.0. The Labute approximate surface area is 119 Å². The fourth-order valence-corrected chi connectivity index (χ4v) is 2.12. The Morgan fingerprint density at radius 3 is 2.89 bits per heavy atom. The maximum Gasteiger partial charge on any atom is 0.277 e. The molecule has 1 heterocycles. The number of amides is 1. The highest BCUT2D eigenvalue weighted by Crippen LogP contribution is 2.40. The molecule has 1 aromatic carbocycles. The number of carbonyl (C=O) groups excluding carboxylic acids is 1. The van der Waals surface area contributed by atoms with Crippen molar-refractivity contribution in [3.63, 3.8) is 0 Å². The molecule has 0 radical (unpaired) electrons. The molecule has 1 amide bonds. The summed E-state index contributed by atoms with van der Waals surface area (Å²) < 4.78 is 6.19. The van der Waals surface area contributed by atoms with Gasteiger partial charge in [-0.3, -0.25) is 4.79 Å². The fourth-order valence-electron chi connectivity index (χ4n) is 1.87. The standard InChI is InChI=1S/C14H13BrN2O2/c1-8-6-10(4-5-11(8)15)16-14(18)12-7-13(19-17-12)9-2-3-9/h4-7,9H,2-3H2,1H3,(H,16,18). The summed E-state index contributed by atoms with van der Waals surface area (Å²) in [5.74, 6) is 1.04. The largest absolute Gasteiger partial charge is 0.360 e. The third-order valence-electron chi connectivity index (χ3n) is 3.16. The van der Waals surface area contributed by atoms with Gasteiger partial charge in [0.05, 0.1) is 0 Å². The molecule has 0 saturated heterocycles. The van der Waals surface area contributed by atoms with E-state index < -0.39 is 0 Å². The van der Waals surface area contributed by atoms with Crippen LogP contribution in [0, 0.1) is 6.92 Å². The molecule has 2 aromatic rings. The van der Waals surface area contributed by atoms with E-state index in [1.54, 1.807) is 6.07 Å². The van der Waals surface area contributed by atoms with Crippen molar-refractivity contribution in [3.05, 3.63) is 45.8 Å². The average molecular weight is 321 g/mol. The molecule has 98 valence electrons. The molecule has 0 spiro atoms. The monoisotopic (exact) mass is 320 g/mol. The lowest BCUT2D eigenvalue weighted by atomic mass is 10.2. The number of halogens is 1. The molecule has 0 atom stereocenters. The van der Waals surface area contributed by atoms with Crippen LogP contribution in [-0.2, 0) is 0 Å². The summed E-state index contributed by atoms with van der Waals surface area (Å²) in [6.07, 6.45) is 2.25. The number of hydrogen-bond acceptors (Lipinski definition) is 3. The predicted octanol–water partition coefficient (Wildman–Crippen LogP) is 3.88. The second kappa shape index (κ2) is 4.81. The summed E-state index contributed by atoms with van der Waals surface area (Å²) in [5.41, 5.74) is 2.15. The minimum atomic E-state index is -0.239. The van der Waals surface area contributed by atoms with Gasteiger partial charge in [0.1, 0.15) is 5.76 Å². The Hall–Kier alpha value is -1.62. The molecular formula is C14H13BrN2O2. The normalized spacial score (nSPS) is 14.4. The van der Waals surface area contributed by atoms with Crippen molar-refractivity contribution in [2.75, 3.05) is 5.32 Å². The van der Waals surface area contributed by atoms with Gasteiger partial charge in [-0.15, -0.1) is 0 Å². The van der Waals surface area contributed by atoms with Crippen LogP contribution in [0.1, 0.15) is 40.6 Å². The van der Waals surface area contributed by atoms with Crippen LogP contribution >= 0.6 is 15.9 Å². The van der Waals surface area contributed by atoms with Gasteiger partial charge in [-0.2, -0.15) is 0 Å². The van der Waals surface area contributed by atoms with Gasteiger partial charge in [-0.05, 0) is 43.5 Å². The van der Waals surface area contributed by atoms with Crippen molar-refractivity contribution in [1.29, 1.82) is 0 Å². The first-order chi connectivity index (χ1) is 9.13. The minimum Gasteiger partial charge on any atom is -0.360 e. The number of nitrogens with one attached hydrogen (secondary N) is 1. The summed E-state index contributed by atoms with van der Waals surface area (Å²) in [7, 11) is 0. The molecule has 1 aliphatic carbocycles. The molecular weight excluding hydrogens is 308 g/mol. The van der Waals surface area contributed by atoms with Gasteiger partial charge in [-0.25, -0.2) is 0 Å². The Bertz CT molecular complexity index is 632. The van der Waals surface area contributed by atoms with E-state index >= 15 is 0 Å². The van der Waals surface area contributed by atoms with Crippen molar-refractivity contribution in [2.45, 2.75) is 25.7 Å². The van der Waals surface area contributed by atoms with Crippen LogP contribution in [-0.4, -0.2) is 11.1 Å². The zero-order valence-electron chi connectivity index (χ0n) is 10.4. The van der Waals surface area contributed by atoms with Gasteiger partial charge in [0.15, 0.2) is 5.69 Å². The Balaban J connectivity index is 1.74. The van der Waals surface area contributed by atoms with Crippen LogP contribution in [0.25, 0.3) is 0 Å². The van der Waals surface area contributed by atoms with Crippen molar-refractivity contribution in [3.8, 4) is 0 Å². The van der Waals surface area contributed by atoms with E-state index in [-0.39, 0.29) is 5.91 Å². The molecule has 1 N–H and O–H groups in total. The Morgan fingerprint density at radius 2 is 2.21 bits per heavy atom. The lowest BCUT2D eigenvalue weighted by Crippen LogP contribution is -2.12. The maximum atomic E-state index is 12.0. The van der Waals surface area contributed by atoms with Gasteiger partial charge < -0.3 is 9.84 Å². The van der Waals surface area contributed by atoms with E-state index in [4.69, 9.17) is 4.52 Å². The average Bonchev–Trinajstić information content (AvgIpc) is 3.11. The van der Waals surface area contributed by atoms with Crippen LogP contribution < -0.4 is 5.32 Å². The number of benzene rings is 1. The molecule has 1 fully saturated rings. The lowest BCUT2D eigenvalue weighted by Gasteiger charge is -2.05. The molecule has 0 bridgehead atoms. The van der Waals surface area contributed by atoms with E-state index in [1.165, 1.54) is 0 Å². The highest BCUT2D eigenvalue weighted by molar-refractivity contribution is 9.10. The summed E-state index contributed by atoms with van der Waals surface area (Å²) in [4.78, 5) is 12.0. The van der Waals surface area contributed by atoms with Crippen molar-refractivity contribution in [2.24, 2.45) is 0 Å². The first-order valence-electron chi connectivity index (χ1n) is 6.17. The predicted molar refractivity (Wildman–Crippen MR) is 75.3 cm³/mol. The minimum absolute atomic E-state index is 0.239. The van der Waals surface area contributed by atoms with Crippen LogP contribution in [0.15, 0.2) is 33.3 Å². The van der Waals surface area contributed by atoms with Gasteiger partial charge in [0.2, 0.25) is 0 Å². The lowest BCUT2D eigenvalue weighted by molar-refractivity contribution is 0.101. The van der Waals surface area contributed by atoms with Crippen LogP contribution in [0.4, 0.5) is 5.69 Å². The molecule has 0 unspecified atom stereocenters. The number of aryl methyl sites for hydroxylation is 1. The second-order valence-electron chi connectivity index (χ2n) is 4.81. The fraction of sp³-hybridized carbons (Fsp3) is 0.286. The Kier molecular flexibility index (Phi) is 3.14. The third kappa shape index (κ3) is 2.71. The van der Waals surface area contributed by atoms with Crippen molar-refractivity contribution < 1.29 is 9.32 Å². The van der Waals surface area contributed by atoms with Crippen molar-refractivity contribution in [1.82, 2.24) is 5.16 Å². The summed E-state index contributed by atoms with van der Waals surface area (Å²) in [5, 5.41) is 6.63. The smallest absolute Gasteiger partial charge is 0.277 e. The van der Waals surface area contributed by atoms with E-state index in [0.717, 1.165) is 34.3 Å². The number of aromatic nitrogens is 1.